The molecule has 0 bridgehead atoms. The number of anilines is 3. The quantitative estimate of drug-likeness (QED) is 0.288. The molecule has 5 aromatic rings. The lowest BCUT2D eigenvalue weighted by atomic mass is 9.91. The van der Waals surface area contributed by atoms with Crippen molar-refractivity contribution in [1.29, 1.82) is 0 Å². The second kappa shape index (κ2) is 8.86. The van der Waals surface area contributed by atoms with Gasteiger partial charge in [-0.05, 0) is 48.9 Å². The van der Waals surface area contributed by atoms with E-state index in [9.17, 15) is 4.79 Å². The number of aromatic nitrogens is 2. The smallest absolute Gasteiger partial charge is 0.209 e. The van der Waals surface area contributed by atoms with Crippen molar-refractivity contribution >= 4 is 39.8 Å². The van der Waals surface area contributed by atoms with Crippen LogP contribution in [0.5, 0.6) is 0 Å². The molecule has 5 heteroatoms. The number of benzene rings is 4. The molecule has 1 atom stereocenters. The minimum atomic E-state index is -0.205. The van der Waals surface area contributed by atoms with E-state index in [0.29, 0.717) is 5.56 Å². The standard InChI is InChI=1S/C31H26N4O/c1-21-28(30(36)23-11-5-3-6-12-23)29(35-27-16-10-9-15-26(27)33-31(35)32-21)22-17-19-25(20-18-22)34(2)24-13-7-4-8-14-24/h3-21H,1-2H3,(H,32,33). The highest BCUT2D eigenvalue weighted by molar-refractivity contribution is 6.15. The highest BCUT2D eigenvalue weighted by Gasteiger charge is 2.32. The number of carbonyl (C=O) groups excluding carboxylic acids is 1. The molecule has 1 aliphatic heterocycles. The van der Waals surface area contributed by atoms with E-state index in [4.69, 9.17) is 4.98 Å². The van der Waals surface area contributed by atoms with Gasteiger partial charge in [-0.15, -0.1) is 0 Å². The van der Waals surface area contributed by atoms with Gasteiger partial charge in [0.15, 0.2) is 5.78 Å². The van der Waals surface area contributed by atoms with E-state index in [1.54, 1.807) is 0 Å². The minimum Gasteiger partial charge on any atom is -0.349 e. The fourth-order valence-electron chi connectivity index (χ4n) is 4.92. The lowest BCUT2D eigenvalue weighted by Gasteiger charge is -2.29. The van der Waals surface area contributed by atoms with E-state index in [2.05, 4.69) is 58.2 Å². The van der Waals surface area contributed by atoms with Crippen LogP contribution in [0.3, 0.4) is 0 Å². The van der Waals surface area contributed by atoms with Crippen LogP contribution in [0.2, 0.25) is 0 Å². The van der Waals surface area contributed by atoms with Crippen molar-refractivity contribution in [3.05, 3.63) is 126 Å². The Bertz CT molecular complexity index is 1580. The summed E-state index contributed by atoms with van der Waals surface area (Å²) in [5.74, 6) is 0.758. The molecule has 1 N–H and O–H groups in total. The largest absolute Gasteiger partial charge is 0.349 e. The number of hydrogen-bond acceptors (Lipinski definition) is 4. The summed E-state index contributed by atoms with van der Waals surface area (Å²) in [6.45, 7) is 2.02. The predicted octanol–water partition coefficient (Wildman–Crippen LogP) is 6.76. The van der Waals surface area contributed by atoms with Crippen molar-refractivity contribution in [3.8, 4) is 0 Å². The third kappa shape index (κ3) is 3.66. The Morgan fingerprint density at radius 1 is 0.806 bits per heavy atom. The summed E-state index contributed by atoms with van der Waals surface area (Å²) < 4.78 is 2.08. The van der Waals surface area contributed by atoms with Gasteiger partial charge in [-0.2, -0.15) is 0 Å². The van der Waals surface area contributed by atoms with Crippen LogP contribution in [-0.2, 0) is 0 Å². The summed E-state index contributed by atoms with van der Waals surface area (Å²) >= 11 is 0. The molecule has 0 spiro atoms. The topological polar surface area (TPSA) is 50.2 Å². The average Bonchev–Trinajstić information content (AvgIpc) is 3.30. The van der Waals surface area contributed by atoms with Crippen LogP contribution in [0.1, 0.15) is 22.8 Å². The van der Waals surface area contributed by atoms with Gasteiger partial charge in [-0.1, -0.05) is 72.8 Å². The molecule has 1 aliphatic rings. The Labute approximate surface area is 210 Å². The lowest BCUT2D eigenvalue weighted by Crippen LogP contribution is -2.32. The number of para-hydroxylation sites is 3. The number of carbonyl (C=O) groups is 1. The van der Waals surface area contributed by atoms with Gasteiger partial charge < -0.3 is 10.2 Å². The number of fused-ring (bicyclic) bond motifs is 3. The molecule has 6 rings (SSSR count). The summed E-state index contributed by atoms with van der Waals surface area (Å²) in [7, 11) is 2.06. The molecule has 0 saturated heterocycles. The number of rotatable bonds is 5. The normalized spacial score (nSPS) is 14.9. The highest BCUT2D eigenvalue weighted by atomic mass is 16.1. The average molecular weight is 471 g/mol. The summed E-state index contributed by atoms with van der Waals surface area (Å²) in [6.07, 6.45) is 0. The van der Waals surface area contributed by atoms with Crippen LogP contribution < -0.4 is 10.2 Å². The zero-order valence-corrected chi connectivity index (χ0v) is 20.2. The second-order valence-electron chi connectivity index (χ2n) is 9.02. The first-order chi connectivity index (χ1) is 17.6. The van der Waals surface area contributed by atoms with E-state index >= 15 is 0 Å². The molecule has 176 valence electrons. The van der Waals surface area contributed by atoms with Crippen LogP contribution in [-0.4, -0.2) is 28.4 Å². The lowest BCUT2D eigenvalue weighted by molar-refractivity contribution is 0.103. The number of nitrogens with one attached hydrogen (secondary N) is 1. The van der Waals surface area contributed by atoms with E-state index < -0.39 is 0 Å². The van der Waals surface area contributed by atoms with Gasteiger partial charge in [-0.25, -0.2) is 4.98 Å². The van der Waals surface area contributed by atoms with Crippen LogP contribution in [0.25, 0.3) is 16.7 Å². The predicted molar refractivity (Wildman–Crippen MR) is 147 cm³/mol. The van der Waals surface area contributed by atoms with Crippen molar-refractivity contribution < 1.29 is 4.79 Å². The fraction of sp³-hybridized carbons (Fsp3) is 0.0968. The SMILES string of the molecule is CC1Nc2nc3ccccc3n2C(c2ccc(N(C)c3ccccc3)cc2)=C1C(=O)c1ccccc1. The van der Waals surface area contributed by atoms with E-state index in [1.807, 2.05) is 79.7 Å². The third-order valence-electron chi connectivity index (χ3n) is 6.77. The van der Waals surface area contributed by atoms with Gasteiger partial charge >= 0.3 is 0 Å². The number of hydrogen-bond donors (Lipinski definition) is 1. The molecular weight excluding hydrogens is 444 g/mol. The Morgan fingerprint density at radius 2 is 1.42 bits per heavy atom. The first-order valence-corrected chi connectivity index (χ1v) is 12.1. The van der Waals surface area contributed by atoms with Crippen molar-refractivity contribution in [2.75, 3.05) is 17.3 Å². The number of imidazole rings is 1. The van der Waals surface area contributed by atoms with Crippen molar-refractivity contribution in [2.24, 2.45) is 0 Å². The van der Waals surface area contributed by atoms with E-state index in [0.717, 1.165) is 45.2 Å². The van der Waals surface area contributed by atoms with Crippen LogP contribution in [0.4, 0.5) is 17.3 Å². The molecule has 0 saturated carbocycles. The molecule has 5 nitrogen and oxygen atoms in total. The van der Waals surface area contributed by atoms with Gasteiger partial charge in [0.2, 0.25) is 5.95 Å². The fourth-order valence-corrected chi connectivity index (χ4v) is 4.92. The molecule has 0 fully saturated rings. The summed E-state index contributed by atoms with van der Waals surface area (Å²) in [6, 6.07) is 36.0. The molecule has 0 radical (unpaired) electrons. The van der Waals surface area contributed by atoms with Gasteiger partial charge in [0.25, 0.3) is 0 Å². The highest BCUT2D eigenvalue weighted by Crippen LogP contribution is 2.38. The van der Waals surface area contributed by atoms with E-state index in [-0.39, 0.29) is 11.8 Å². The molecule has 0 amide bonds. The van der Waals surface area contributed by atoms with Crippen LogP contribution in [0, 0.1) is 0 Å². The molecule has 0 aliphatic carbocycles. The minimum absolute atomic E-state index is 0.0134. The van der Waals surface area contributed by atoms with Crippen molar-refractivity contribution in [3.63, 3.8) is 0 Å². The number of Topliss-reactive ketones (excluding diaryl/α,β-unsaturated/α-hetero) is 1. The van der Waals surface area contributed by atoms with Crippen LogP contribution >= 0.6 is 0 Å². The summed E-state index contributed by atoms with van der Waals surface area (Å²) in [4.78, 5) is 20.9. The summed E-state index contributed by atoms with van der Waals surface area (Å²) in [5, 5.41) is 3.47. The Kier molecular flexibility index (Phi) is 5.38. The maximum Gasteiger partial charge on any atom is 0.209 e. The number of nitrogens with zero attached hydrogens (tertiary/aromatic N) is 3. The molecule has 1 aromatic heterocycles. The zero-order valence-electron chi connectivity index (χ0n) is 20.2. The molecule has 1 unspecified atom stereocenters. The van der Waals surface area contributed by atoms with Crippen molar-refractivity contribution in [1.82, 2.24) is 9.55 Å². The summed E-state index contributed by atoms with van der Waals surface area (Å²) in [5.41, 5.74) is 7.27. The molecule has 36 heavy (non-hydrogen) atoms. The van der Waals surface area contributed by atoms with Crippen molar-refractivity contribution in [2.45, 2.75) is 13.0 Å². The van der Waals surface area contributed by atoms with Gasteiger partial charge in [0, 0.05) is 29.6 Å². The third-order valence-corrected chi connectivity index (χ3v) is 6.77. The second-order valence-corrected chi connectivity index (χ2v) is 9.02. The maximum absolute atomic E-state index is 13.9. The first-order valence-electron chi connectivity index (χ1n) is 12.1. The van der Waals surface area contributed by atoms with Gasteiger partial charge in [0.1, 0.15) is 0 Å². The number of ketones is 1. The van der Waals surface area contributed by atoms with Gasteiger partial charge in [-0.3, -0.25) is 9.36 Å². The Hall–Kier alpha value is -4.64. The first kappa shape index (κ1) is 21.9. The molecular formula is C31H26N4O. The Balaban J connectivity index is 1.54. The molecule has 2 heterocycles. The van der Waals surface area contributed by atoms with Crippen LogP contribution in [0.15, 0.2) is 115 Å². The van der Waals surface area contributed by atoms with Gasteiger partial charge in [0.05, 0.1) is 22.8 Å². The van der Waals surface area contributed by atoms with E-state index in [1.165, 1.54) is 0 Å². The monoisotopic (exact) mass is 470 g/mol. The molecule has 4 aromatic carbocycles. The maximum atomic E-state index is 13.9. The zero-order chi connectivity index (χ0) is 24.6. The Morgan fingerprint density at radius 3 is 2.14 bits per heavy atom.